The Balaban J connectivity index is 1.54. The number of ether oxygens (including phenoxy) is 1. The number of hydrogen-bond acceptors (Lipinski definition) is 3. The molecule has 1 aliphatic heterocycles. The standard InChI is InChI=1S/C14H20N2O/c1-4-13(12-6-7-12)16-14(5-1)17-10-11-3-2-8-15-9-11/h1,4-5,11-12,15H,2-3,6-10H2. The van der Waals surface area contributed by atoms with Crippen molar-refractivity contribution in [3.8, 4) is 5.88 Å². The van der Waals surface area contributed by atoms with Crippen molar-refractivity contribution in [2.75, 3.05) is 19.7 Å². The second-order valence-electron chi connectivity index (χ2n) is 5.20. The Morgan fingerprint density at radius 2 is 2.24 bits per heavy atom. The smallest absolute Gasteiger partial charge is 0.213 e. The minimum Gasteiger partial charge on any atom is -0.477 e. The number of pyridine rings is 1. The Bertz CT molecular complexity index is 370. The normalized spacial score (nSPS) is 24.6. The predicted molar refractivity (Wildman–Crippen MR) is 67.3 cm³/mol. The van der Waals surface area contributed by atoms with Gasteiger partial charge in [-0.25, -0.2) is 4.98 Å². The second-order valence-corrected chi connectivity index (χ2v) is 5.20. The Hall–Kier alpha value is -1.09. The quantitative estimate of drug-likeness (QED) is 0.865. The molecule has 1 unspecified atom stereocenters. The number of hydrogen-bond donors (Lipinski definition) is 1. The van der Waals surface area contributed by atoms with Crippen molar-refractivity contribution in [1.29, 1.82) is 0 Å². The lowest BCUT2D eigenvalue weighted by Crippen LogP contribution is -2.33. The molecular weight excluding hydrogens is 212 g/mol. The van der Waals surface area contributed by atoms with Crippen LogP contribution in [0.1, 0.15) is 37.3 Å². The third-order valence-electron chi connectivity index (χ3n) is 3.61. The molecule has 0 bridgehead atoms. The zero-order valence-corrected chi connectivity index (χ0v) is 10.2. The largest absolute Gasteiger partial charge is 0.477 e. The molecule has 1 aromatic heterocycles. The first-order valence-corrected chi connectivity index (χ1v) is 6.72. The number of nitrogens with zero attached hydrogens (tertiary/aromatic N) is 1. The molecule has 1 N–H and O–H groups in total. The molecule has 0 radical (unpaired) electrons. The van der Waals surface area contributed by atoms with Crippen molar-refractivity contribution in [3.63, 3.8) is 0 Å². The van der Waals surface area contributed by atoms with Gasteiger partial charge >= 0.3 is 0 Å². The maximum absolute atomic E-state index is 5.81. The molecule has 1 aromatic rings. The molecule has 2 aliphatic rings. The Labute approximate surface area is 103 Å². The van der Waals surface area contributed by atoms with E-state index in [1.165, 1.54) is 31.4 Å². The summed E-state index contributed by atoms with van der Waals surface area (Å²) in [6.07, 6.45) is 5.13. The van der Waals surface area contributed by atoms with Crippen LogP contribution in [0.15, 0.2) is 18.2 Å². The van der Waals surface area contributed by atoms with E-state index in [0.29, 0.717) is 11.8 Å². The van der Waals surface area contributed by atoms with Gasteiger partial charge in [-0.2, -0.15) is 0 Å². The minimum atomic E-state index is 0.648. The van der Waals surface area contributed by atoms with Crippen molar-refractivity contribution in [2.45, 2.75) is 31.6 Å². The average Bonchev–Trinajstić information content (AvgIpc) is 3.22. The summed E-state index contributed by atoms with van der Waals surface area (Å²) < 4.78 is 5.81. The molecular formula is C14H20N2O. The third-order valence-corrected chi connectivity index (χ3v) is 3.61. The molecule has 3 rings (SSSR count). The lowest BCUT2D eigenvalue weighted by molar-refractivity contribution is 0.212. The van der Waals surface area contributed by atoms with Crippen molar-refractivity contribution in [1.82, 2.24) is 10.3 Å². The van der Waals surface area contributed by atoms with Crippen molar-refractivity contribution in [3.05, 3.63) is 23.9 Å². The maximum atomic E-state index is 5.81. The molecule has 0 spiro atoms. The van der Waals surface area contributed by atoms with Gasteiger partial charge in [-0.05, 0) is 38.3 Å². The van der Waals surface area contributed by atoms with Crippen LogP contribution in [0, 0.1) is 5.92 Å². The number of rotatable bonds is 4. The summed E-state index contributed by atoms with van der Waals surface area (Å²) in [6, 6.07) is 6.16. The van der Waals surface area contributed by atoms with Gasteiger partial charge in [-0.15, -0.1) is 0 Å². The molecule has 17 heavy (non-hydrogen) atoms. The van der Waals surface area contributed by atoms with E-state index in [1.807, 2.05) is 6.07 Å². The van der Waals surface area contributed by atoms with Gasteiger partial charge in [0.2, 0.25) is 5.88 Å². The van der Waals surface area contributed by atoms with Crippen LogP contribution in [0.25, 0.3) is 0 Å². The lowest BCUT2D eigenvalue weighted by atomic mass is 10.0. The van der Waals surface area contributed by atoms with Crippen LogP contribution >= 0.6 is 0 Å². The van der Waals surface area contributed by atoms with E-state index in [2.05, 4.69) is 22.4 Å². The second kappa shape index (κ2) is 5.05. The van der Waals surface area contributed by atoms with Crippen LogP contribution in [0.5, 0.6) is 5.88 Å². The first-order valence-electron chi connectivity index (χ1n) is 6.72. The molecule has 3 nitrogen and oxygen atoms in total. The number of piperidine rings is 1. The van der Waals surface area contributed by atoms with Crippen LogP contribution in [-0.4, -0.2) is 24.7 Å². The molecule has 2 fully saturated rings. The number of nitrogens with one attached hydrogen (secondary N) is 1. The summed E-state index contributed by atoms with van der Waals surface area (Å²) in [5.74, 6) is 2.16. The zero-order chi connectivity index (χ0) is 11.5. The Morgan fingerprint density at radius 3 is 3.00 bits per heavy atom. The van der Waals surface area contributed by atoms with Gasteiger partial charge in [0.25, 0.3) is 0 Å². The molecule has 1 aliphatic carbocycles. The molecule has 0 amide bonds. The maximum Gasteiger partial charge on any atom is 0.213 e. The van der Waals surface area contributed by atoms with Crippen LogP contribution < -0.4 is 10.1 Å². The molecule has 92 valence electrons. The van der Waals surface area contributed by atoms with E-state index < -0.39 is 0 Å². The monoisotopic (exact) mass is 232 g/mol. The van der Waals surface area contributed by atoms with Crippen molar-refractivity contribution < 1.29 is 4.74 Å². The fourth-order valence-electron chi connectivity index (χ4n) is 2.39. The lowest BCUT2D eigenvalue weighted by Gasteiger charge is -2.22. The van der Waals surface area contributed by atoms with Gasteiger partial charge in [0.05, 0.1) is 6.61 Å². The van der Waals surface area contributed by atoms with Gasteiger partial charge in [-0.3, -0.25) is 0 Å². The molecule has 1 atom stereocenters. The van der Waals surface area contributed by atoms with Crippen LogP contribution in [0.4, 0.5) is 0 Å². The first-order chi connectivity index (χ1) is 8.42. The van der Waals surface area contributed by atoms with Gasteiger partial charge in [0.15, 0.2) is 0 Å². The highest BCUT2D eigenvalue weighted by atomic mass is 16.5. The van der Waals surface area contributed by atoms with Gasteiger partial charge in [0, 0.05) is 30.1 Å². The highest BCUT2D eigenvalue weighted by Gasteiger charge is 2.25. The fraction of sp³-hybridized carbons (Fsp3) is 0.643. The van der Waals surface area contributed by atoms with E-state index in [0.717, 1.165) is 25.6 Å². The average molecular weight is 232 g/mol. The van der Waals surface area contributed by atoms with E-state index in [4.69, 9.17) is 4.74 Å². The molecule has 0 aromatic carbocycles. The van der Waals surface area contributed by atoms with Crippen LogP contribution in [0.3, 0.4) is 0 Å². The summed E-state index contributed by atoms with van der Waals surface area (Å²) >= 11 is 0. The summed E-state index contributed by atoms with van der Waals surface area (Å²) in [4.78, 5) is 4.58. The minimum absolute atomic E-state index is 0.648. The van der Waals surface area contributed by atoms with Crippen LogP contribution in [-0.2, 0) is 0 Å². The summed E-state index contributed by atoms with van der Waals surface area (Å²) in [5.41, 5.74) is 1.21. The molecule has 2 heterocycles. The highest BCUT2D eigenvalue weighted by Crippen LogP contribution is 2.39. The number of aromatic nitrogens is 1. The van der Waals surface area contributed by atoms with E-state index >= 15 is 0 Å². The van der Waals surface area contributed by atoms with E-state index in [1.54, 1.807) is 0 Å². The summed E-state index contributed by atoms with van der Waals surface area (Å²) in [5, 5.41) is 3.41. The SMILES string of the molecule is c1cc(OCC2CCCNC2)nc(C2CC2)c1. The molecule has 1 saturated heterocycles. The first kappa shape index (κ1) is 11.0. The van der Waals surface area contributed by atoms with Crippen LogP contribution in [0.2, 0.25) is 0 Å². The predicted octanol–water partition coefficient (Wildman–Crippen LogP) is 2.34. The molecule has 3 heteroatoms. The Kier molecular flexibility index (Phi) is 3.27. The summed E-state index contributed by atoms with van der Waals surface area (Å²) in [6.45, 7) is 3.04. The van der Waals surface area contributed by atoms with Gasteiger partial charge < -0.3 is 10.1 Å². The van der Waals surface area contributed by atoms with Gasteiger partial charge in [-0.1, -0.05) is 6.07 Å². The highest BCUT2D eigenvalue weighted by molar-refractivity contribution is 5.21. The van der Waals surface area contributed by atoms with E-state index in [9.17, 15) is 0 Å². The third kappa shape index (κ3) is 2.97. The zero-order valence-electron chi connectivity index (χ0n) is 10.2. The van der Waals surface area contributed by atoms with Crippen molar-refractivity contribution in [2.24, 2.45) is 5.92 Å². The topological polar surface area (TPSA) is 34.1 Å². The fourth-order valence-corrected chi connectivity index (χ4v) is 2.39. The Morgan fingerprint density at radius 1 is 1.29 bits per heavy atom. The summed E-state index contributed by atoms with van der Waals surface area (Å²) in [7, 11) is 0. The van der Waals surface area contributed by atoms with Crippen molar-refractivity contribution >= 4 is 0 Å². The van der Waals surface area contributed by atoms with E-state index in [-0.39, 0.29) is 0 Å². The van der Waals surface area contributed by atoms with Gasteiger partial charge in [0.1, 0.15) is 0 Å². The molecule has 1 saturated carbocycles.